The van der Waals surface area contributed by atoms with Crippen molar-refractivity contribution in [3.05, 3.63) is 11.2 Å². The van der Waals surface area contributed by atoms with E-state index in [0.29, 0.717) is 17.0 Å². The molecule has 2 fully saturated rings. The van der Waals surface area contributed by atoms with Gasteiger partial charge in [-0.15, -0.1) is 0 Å². The molecule has 2 aliphatic carbocycles. The lowest BCUT2D eigenvalue weighted by Crippen LogP contribution is -2.26. The molecule has 1 aromatic rings. The monoisotopic (exact) mass is 252 g/mol. The second-order valence-electron chi connectivity index (χ2n) is 5.07. The summed E-state index contributed by atoms with van der Waals surface area (Å²) in [4.78, 5) is 8.46. The molecule has 0 aromatic carbocycles. The molecule has 3 unspecified atom stereocenters. The Morgan fingerprint density at radius 3 is 2.88 bits per heavy atom. The van der Waals surface area contributed by atoms with Crippen LogP contribution in [0.4, 0.5) is 11.8 Å². The molecule has 2 saturated carbocycles. The van der Waals surface area contributed by atoms with E-state index in [9.17, 15) is 0 Å². The SMILES string of the molecule is CNc1ncc(Cl)c(NC2CC3CCC2C3)n1. The van der Waals surface area contributed by atoms with Gasteiger partial charge in [0.2, 0.25) is 5.95 Å². The maximum atomic E-state index is 6.12. The summed E-state index contributed by atoms with van der Waals surface area (Å²) in [6.45, 7) is 0. The van der Waals surface area contributed by atoms with Crippen LogP contribution < -0.4 is 10.6 Å². The quantitative estimate of drug-likeness (QED) is 0.869. The lowest BCUT2D eigenvalue weighted by molar-refractivity contribution is 0.439. The fourth-order valence-corrected chi connectivity index (χ4v) is 3.33. The Bertz CT molecular complexity index is 423. The summed E-state index contributed by atoms with van der Waals surface area (Å²) >= 11 is 6.12. The fourth-order valence-electron chi connectivity index (χ4n) is 3.19. The van der Waals surface area contributed by atoms with Crippen molar-refractivity contribution < 1.29 is 0 Å². The summed E-state index contributed by atoms with van der Waals surface area (Å²) in [6, 6.07) is 0.547. The van der Waals surface area contributed by atoms with Gasteiger partial charge in [-0.3, -0.25) is 0 Å². The molecule has 1 heterocycles. The zero-order valence-corrected chi connectivity index (χ0v) is 10.7. The van der Waals surface area contributed by atoms with Crippen LogP contribution in [0.2, 0.25) is 5.02 Å². The molecule has 92 valence electrons. The minimum Gasteiger partial charge on any atom is -0.366 e. The Morgan fingerprint density at radius 1 is 1.35 bits per heavy atom. The summed E-state index contributed by atoms with van der Waals surface area (Å²) in [6.07, 6.45) is 7.04. The fraction of sp³-hybridized carbons (Fsp3) is 0.667. The largest absolute Gasteiger partial charge is 0.366 e. The zero-order chi connectivity index (χ0) is 11.8. The first kappa shape index (κ1) is 11.1. The van der Waals surface area contributed by atoms with Gasteiger partial charge in [-0.2, -0.15) is 4.98 Å². The minimum atomic E-state index is 0.547. The average Bonchev–Trinajstić information content (AvgIpc) is 2.94. The predicted molar refractivity (Wildman–Crippen MR) is 69.4 cm³/mol. The molecule has 2 aliphatic rings. The zero-order valence-electron chi connectivity index (χ0n) is 9.91. The molecule has 5 heteroatoms. The number of fused-ring (bicyclic) bond motifs is 2. The number of anilines is 2. The standard InChI is InChI=1S/C12H17ClN4/c1-14-12-15-6-9(13)11(17-12)16-10-5-7-2-3-8(10)4-7/h6-8,10H,2-5H2,1H3,(H2,14,15,16,17). The van der Waals surface area contributed by atoms with E-state index >= 15 is 0 Å². The van der Waals surface area contributed by atoms with E-state index in [1.54, 1.807) is 6.20 Å². The molecular weight excluding hydrogens is 236 g/mol. The topological polar surface area (TPSA) is 49.8 Å². The molecule has 2 N–H and O–H groups in total. The van der Waals surface area contributed by atoms with Crippen molar-refractivity contribution in [3.63, 3.8) is 0 Å². The van der Waals surface area contributed by atoms with Gasteiger partial charge in [0, 0.05) is 13.1 Å². The van der Waals surface area contributed by atoms with Crippen LogP contribution in [0.15, 0.2) is 6.20 Å². The van der Waals surface area contributed by atoms with Crippen LogP contribution in [-0.2, 0) is 0 Å². The maximum Gasteiger partial charge on any atom is 0.224 e. The van der Waals surface area contributed by atoms with Crippen molar-refractivity contribution in [1.29, 1.82) is 0 Å². The van der Waals surface area contributed by atoms with Gasteiger partial charge in [-0.05, 0) is 31.1 Å². The Morgan fingerprint density at radius 2 is 2.24 bits per heavy atom. The first-order chi connectivity index (χ1) is 8.26. The number of rotatable bonds is 3. The number of aromatic nitrogens is 2. The second kappa shape index (κ2) is 4.33. The van der Waals surface area contributed by atoms with Gasteiger partial charge < -0.3 is 10.6 Å². The first-order valence-electron chi connectivity index (χ1n) is 6.23. The number of nitrogens with zero attached hydrogens (tertiary/aromatic N) is 2. The lowest BCUT2D eigenvalue weighted by Gasteiger charge is -2.23. The van der Waals surface area contributed by atoms with Crippen LogP contribution in [0, 0.1) is 11.8 Å². The van der Waals surface area contributed by atoms with Gasteiger partial charge in [-0.25, -0.2) is 4.98 Å². The molecule has 3 rings (SSSR count). The molecule has 0 spiro atoms. The lowest BCUT2D eigenvalue weighted by atomic mass is 9.95. The molecule has 3 atom stereocenters. The summed E-state index contributed by atoms with van der Waals surface area (Å²) in [5.41, 5.74) is 0. The first-order valence-corrected chi connectivity index (χ1v) is 6.61. The second-order valence-corrected chi connectivity index (χ2v) is 5.47. The van der Waals surface area contributed by atoms with Gasteiger partial charge in [0.1, 0.15) is 5.02 Å². The van der Waals surface area contributed by atoms with Crippen LogP contribution >= 0.6 is 11.6 Å². The molecule has 4 nitrogen and oxygen atoms in total. The molecule has 0 saturated heterocycles. The summed E-state index contributed by atoms with van der Waals surface area (Å²) < 4.78 is 0. The highest BCUT2D eigenvalue weighted by Crippen LogP contribution is 2.45. The van der Waals surface area contributed by atoms with E-state index in [-0.39, 0.29) is 0 Å². The van der Waals surface area contributed by atoms with Crippen molar-refractivity contribution in [3.8, 4) is 0 Å². The Labute approximate surface area is 106 Å². The molecule has 0 aliphatic heterocycles. The van der Waals surface area contributed by atoms with Gasteiger partial charge in [0.15, 0.2) is 5.82 Å². The summed E-state index contributed by atoms with van der Waals surface area (Å²) in [5.74, 6) is 3.11. The van der Waals surface area contributed by atoms with Crippen LogP contribution in [0.5, 0.6) is 0 Å². The average molecular weight is 253 g/mol. The normalized spacial score (nSPS) is 30.6. The smallest absolute Gasteiger partial charge is 0.224 e. The highest BCUT2D eigenvalue weighted by atomic mass is 35.5. The number of hydrogen-bond donors (Lipinski definition) is 2. The van der Waals surface area contributed by atoms with E-state index in [1.807, 2.05) is 7.05 Å². The van der Waals surface area contributed by atoms with E-state index in [0.717, 1.165) is 17.7 Å². The van der Waals surface area contributed by atoms with Gasteiger partial charge in [0.25, 0.3) is 0 Å². The molecule has 1 aromatic heterocycles. The molecule has 17 heavy (non-hydrogen) atoms. The third-order valence-electron chi connectivity index (χ3n) is 4.03. The van der Waals surface area contributed by atoms with E-state index < -0.39 is 0 Å². The Hall–Kier alpha value is -1.03. The molecule has 0 radical (unpaired) electrons. The van der Waals surface area contributed by atoms with Crippen molar-refractivity contribution in [2.24, 2.45) is 11.8 Å². The predicted octanol–water partition coefficient (Wildman–Crippen LogP) is 2.77. The van der Waals surface area contributed by atoms with Crippen molar-refractivity contribution in [2.45, 2.75) is 31.7 Å². The maximum absolute atomic E-state index is 6.12. The highest BCUT2D eigenvalue weighted by Gasteiger charge is 2.39. The van der Waals surface area contributed by atoms with E-state index in [4.69, 9.17) is 11.6 Å². The third kappa shape index (κ3) is 2.06. The molecular formula is C12H17ClN4. The Kier molecular flexibility index (Phi) is 2.82. The highest BCUT2D eigenvalue weighted by molar-refractivity contribution is 6.32. The van der Waals surface area contributed by atoms with E-state index in [2.05, 4.69) is 20.6 Å². The van der Waals surface area contributed by atoms with Crippen LogP contribution in [-0.4, -0.2) is 23.1 Å². The van der Waals surface area contributed by atoms with Gasteiger partial charge >= 0.3 is 0 Å². The van der Waals surface area contributed by atoms with Gasteiger partial charge in [0.05, 0.1) is 6.20 Å². The van der Waals surface area contributed by atoms with Crippen LogP contribution in [0.3, 0.4) is 0 Å². The third-order valence-corrected chi connectivity index (χ3v) is 4.30. The van der Waals surface area contributed by atoms with E-state index in [1.165, 1.54) is 25.7 Å². The van der Waals surface area contributed by atoms with Gasteiger partial charge in [-0.1, -0.05) is 18.0 Å². The molecule has 0 amide bonds. The van der Waals surface area contributed by atoms with Crippen molar-refractivity contribution in [2.75, 3.05) is 17.7 Å². The summed E-state index contributed by atoms with van der Waals surface area (Å²) in [7, 11) is 1.81. The van der Waals surface area contributed by atoms with Crippen LogP contribution in [0.1, 0.15) is 25.7 Å². The molecule has 2 bridgehead atoms. The van der Waals surface area contributed by atoms with Crippen LogP contribution in [0.25, 0.3) is 0 Å². The number of nitrogens with one attached hydrogen (secondary N) is 2. The van der Waals surface area contributed by atoms with Crippen molar-refractivity contribution in [1.82, 2.24) is 9.97 Å². The number of hydrogen-bond acceptors (Lipinski definition) is 4. The number of halogens is 1. The van der Waals surface area contributed by atoms with Crippen molar-refractivity contribution >= 4 is 23.4 Å². The minimum absolute atomic E-state index is 0.547. The summed E-state index contributed by atoms with van der Waals surface area (Å²) in [5, 5.41) is 7.03. The Balaban J connectivity index is 1.76.